The van der Waals surface area contributed by atoms with Crippen LogP contribution in [0.2, 0.25) is 0 Å². The number of carbonyl (C=O) groups excluding carboxylic acids is 2. The molecule has 150 valence electrons. The minimum Gasteiger partial charge on any atom is -0.486 e. The molecule has 1 fully saturated rings. The SMILES string of the molecule is CC(=O)N1CCN(C(=O)Cn2c(COc3ccccc3)nc3ccccc32)CC1. The summed E-state index contributed by atoms with van der Waals surface area (Å²) in [6.07, 6.45) is 0. The van der Waals surface area contributed by atoms with Crippen LogP contribution in [0.15, 0.2) is 54.6 Å². The van der Waals surface area contributed by atoms with Crippen molar-refractivity contribution in [2.24, 2.45) is 0 Å². The van der Waals surface area contributed by atoms with Gasteiger partial charge in [0.05, 0.1) is 11.0 Å². The number of fused-ring (bicyclic) bond motifs is 1. The zero-order chi connectivity index (χ0) is 20.2. The van der Waals surface area contributed by atoms with Crippen LogP contribution in [0.3, 0.4) is 0 Å². The zero-order valence-electron chi connectivity index (χ0n) is 16.5. The Hall–Kier alpha value is -3.35. The van der Waals surface area contributed by atoms with Gasteiger partial charge in [-0.2, -0.15) is 0 Å². The van der Waals surface area contributed by atoms with Crippen molar-refractivity contribution in [2.45, 2.75) is 20.1 Å². The van der Waals surface area contributed by atoms with Crippen LogP contribution in [0.25, 0.3) is 11.0 Å². The molecule has 1 aliphatic rings. The molecular weight excluding hydrogens is 368 g/mol. The summed E-state index contributed by atoms with van der Waals surface area (Å²) >= 11 is 0. The van der Waals surface area contributed by atoms with Gasteiger partial charge in [0.1, 0.15) is 24.7 Å². The first-order chi connectivity index (χ1) is 14.1. The van der Waals surface area contributed by atoms with E-state index in [1.54, 1.807) is 11.8 Å². The van der Waals surface area contributed by atoms with Crippen LogP contribution in [-0.2, 0) is 22.7 Å². The highest BCUT2D eigenvalue weighted by molar-refractivity contribution is 5.81. The fourth-order valence-electron chi connectivity index (χ4n) is 3.58. The Morgan fingerprint density at radius 1 is 0.931 bits per heavy atom. The number of para-hydroxylation sites is 3. The lowest BCUT2D eigenvalue weighted by atomic mass is 10.3. The number of hydrogen-bond donors (Lipinski definition) is 0. The molecular formula is C22H24N4O3. The highest BCUT2D eigenvalue weighted by Crippen LogP contribution is 2.19. The van der Waals surface area contributed by atoms with Gasteiger partial charge in [-0.15, -0.1) is 0 Å². The number of aromatic nitrogens is 2. The first-order valence-electron chi connectivity index (χ1n) is 9.77. The molecule has 0 radical (unpaired) electrons. The maximum absolute atomic E-state index is 12.9. The maximum atomic E-state index is 12.9. The Balaban J connectivity index is 1.51. The zero-order valence-corrected chi connectivity index (χ0v) is 16.5. The van der Waals surface area contributed by atoms with Crippen molar-refractivity contribution in [1.29, 1.82) is 0 Å². The molecule has 0 saturated carbocycles. The Bertz CT molecular complexity index is 1010. The Morgan fingerprint density at radius 3 is 2.31 bits per heavy atom. The molecule has 2 heterocycles. The van der Waals surface area contributed by atoms with Gasteiger partial charge in [0.2, 0.25) is 11.8 Å². The average molecular weight is 392 g/mol. The van der Waals surface area contributed by atoms with Gasteiger partial charge in [0, 0.05) is 33.1 Å². The van der Waals surface area contributed by atoms with E-state index >= 15 is 0 Å². The number of hydrogen-bond acceptors (Lipinski definition) is 4. The predicted octanol–water partition coefficient (Wildman–Crippen LogP) is 2.31. The summed E-state index contributed by atoms with van der Waals surface area (Å²) in [7, 11) is 0. The second-order valence-electron chi connectivity index (χ2n) is 7.09. The molecule has 0 unspecified atom stereocenters. The van der Waals surface area contributed by atoms with Gasteiger partial charge in [-0.3, -0.25) is 9.59 Å². The molecule has 4 rings (SSSR count). The van der Waals surface area contributed by atoms with E-state index in [-0.39, 0.29) is 25.0 Å². The van der Waals surface area contributed by atoms with E-state index in [2.05, 4.69) is 4.98 Å². The maximum Gasteiger partial charge on any atom is 0.242 e. The number of carbonyl (C=O) groups is 2. The van der Waals surface area contributed by atoms with Gasteiger partial charge in [-0.1, -0.05) is 30.3 Å². The quantitative estimate of drug-likeness (QED) is 0.668. The van der Waals surface area contributed by atoms with Crippen molar-refractivity contribution in [3.05, 3.63) is 60.4 Å². The van der Waals surface area contributed by atoms with Crippen LogP contribution in [0.5, 0.6) is 5.75 Å². The summed E-state index contributed by atoms with van der Waals surface area (Å²) in [5, 5.41) is 0. The van der Waals surface area contributed by atoms with Crippen LogP contribution in [0, 0.1) is 0 Å². The minimum absolute atomic E-state index is 0.0253. The van der Waals surface area contributed by atoms with E-state index in [4.69, 9.17) is 4.74 Å². The van der Waals surface area contributed by atoms with Gasteiger partial charge < -0.3 is 19.1 Å². The third-order valence-corrected chi connectivity index (χ3v) is 5.22. The second kappa shape index (κ2) is 8.34. The normalized spacial score (nSPS) is 14.2. The lowest BCUT2D eigenvalue weighted by Gasteiger charge is -2.34. The summed E-state index contributed by atoms with van der Waals surface area (Å²) in [6.45, 7) is 4.32. The largest absolute Gasteiger partial charge is 0.486 e. The third kappa shape index (κ3) is 4.23. The topological polar surface area (TPSA) is 67.7 Å². The van der Waals surface area contributed by atoms with E-state index in [1.807, 2.05) is 64.1 Å². The Kier molecular flexibility index (Phi) is 5.46. The van der Waals surface area contributed by atoms with Crippen LogP contribution >= 0.6 is 0 Å². The minimum atomic E-state index is 0.0253. The molecule has 2 amide bonds. The van der Waals surface area contributed by atoms with Crippen LogP contribution in [-0.4, -0.2) is 57.3 Å². The fraction of sp³-hybridized carbons (Fsp3) is 0.318. The second-order valence-corrected chi connectivity index (χ2v) is 7.09. The predicted molar refractivity (Wildman–Crippen MR) is 109 cm³/mol. The first kappa shape index (κ1) is 19.0. The number of amides is 2. The third-order valence-electron chi connectivity index (χ3n) is 5.22. The van der Waals surface area contributed by atoms with E-state index in [9.17, 15) is 9.59 Å². The lowest BCUT2D eigenvalue weighted by molar-refractivity contribution is -0.138. The van der Waals surface area contributed by atoms with Gasteiger partial charge >= 0.3 is 0 Å². The smallest absolute Gasteiger partial charge is 0.242 e. The monoisotopic (exact) mass is 392 g/mol. The Morgan fingerprint density at radius 2 is 1.59 bits per heavy atom. The van der Waals surface area contributed by atoms with E-state index < -0.39 is 0 Å². The number of piperazine rings is 1. The standard InChI is InChI=1S/C22H24N4O3/c1-17(27)24-11-13-25(14-12-24)22(28)15-26-20-10-6-5-9-19(20)23-21(26)16-29-18-7-3-2-4-8-18/h2-10H,11-16H2,1H3. The molecule has 0 bridgehead atoms. The highest BCUT2D eigenvalue weighted by Gasteiger charge is 2.24. The molecule has 0 N–H and O–H groups in total. The number of rotatable bonds is 5. The molecule has 1 aliphatic heterocycles. The number of ether oxygens (including phenoxy) is 1. The van der Waals surface area contributed by atoms with E-state index in [0.29, 0.717) is 32.0 Å². The van der Waals surface area contributed by atoms with Gasteiger partial charge in [-0.05, 0) is 24.3 Å². The van der Waals surface area contributed by atoms with Crippen molar-refractivity contribution in [3.63, 3.8) is 0 Å². The van der Waals surface area contributed by atoms with Crippen molar-refractivity contribution in [2.75, 3.05) is 26.2 Å². The first-order valence-corrected chi connectivity index (χ1v) is 9.77. The molecule has 0 aliphatic carbocycles. The van der Waals surface area contributed by atoms with Crippen LogP contribution in [0.1, 0.15) is 12.7 Å². The summed E-state index contributed by atoms with van der Waals surface area (Å²) in [5.41, 5.74) is 1.75. The number of nitrogens with zero attached hydrogens (tertiary/aromatic N) is 4. The molecule has 0 atom stereocenters. The molecule has 7 nitrogen and oxygen atoms in total. The van der Waals surface area contributed by atoms with Crippen molar-refractivity contribution < 1.29 is 14.3 Å². The van der Waals surface area contributed by atoms with Crippen molar-refractivity contribution >= 4 is 22.8 Å². The lowest BCUT2D eigenvalue weighted by Crippen LogP contribution is -2.50. The molecule has 2 aromatic carbocycles. The summed E-state index contributed by atoms with van der Waals surface area (Å²) in [6, 6.07) is 17.4. The van der Waals surface area contributed by atoms with Gasteiger partial charge in [0.25, 0.3) is 0 Å². The number of imidazole rings is 1. The Labute approximate surface area is 169 Å². The molecule has 1 aromatic heterocycles. The average Bonchev–Trinajstić information content (AvgIpc) is 3.10. The van der Waals surface area contributed by atoms with Gasteiger partial charge in [0.15, 0.2) is 0 Å². The molecule has 29 heavy (non-hydrogen) atoms. The van der Waals surface area contributed by atoms with Crippen LogP contribution in [0.4, 0.5) is 0 Å². The fourth-order valence-corrected chi connectivity index (χ4v) is 3.58. The van der Waals surface area contributed by atoms with E-state index in [1.165, 1.54) is 0 Å². The summed E-state index contributed by atoms with van der Waals surface area (Å²) in [4.78, 5) is 32.7. The number of benzene rings is 2. The molecule has 3 aromatic rings. The summed E-state index contributed by atoms with van der Waals surface area (Å²) < 4.78 is 7.81. The summed E-state index contributed by atoms with van der Waals surface area (Å²) in [5.74, 6) is 1.55. The van der Waals surface area contributed by atoms with Crippen LogP contribution < -0.4 is 4.74 Å². The van der Waals surface area contributed by atoms with Gasteiger partial charge in [-0.25, -0.2) is 4.98 Å². The highest BCUT2D eigenvalue weighted by atomic mass is 16.5. The van der Waals surface area contributed by atoms with Crippen molar-refractivity contribution in [3.8, 4) is 5.75 Å². The van der Waals surface area contributed by atoms with Crippen molar-refractivity contribution in [1.82, 2.24) is 19.4 Å². The molecule has 7 heteroatoms. The molecule has 1 saturated heterocycles. The van der Waals surface area contributed by atoms with E-state index in [0.717, 1.165) is 16.8 Å². The molecule has 0 spiro atoms.